The van der Waals surface area contributed by atoms with Crippen molar-refractivity contribution in [2.75, 3.05) is 7.11 Å². The lowest BCUT2D eigenvalue weighted by atomic mass is 10.1. The van der Waals surface area contributed by atoms with E-state index in [0.717, 1.165) is 28.2 Å². The molecule has 6 nitrogen and oxygen atoms in total. The molecule has 0 aliphatic heterocycles. The Kier molecular flexibility index (Phi) is 5.78. The van der Waals surface area contributed by atoms with Crippen LogP contribution in [0.5, 0.6) is 11.5 Å². The summed E-state index contributed by atoms with van der Waals surface area (Å²) in [4.78, 5) is 10.6. The molecular formula is C18H21N3O3. The number of hydrazone groups is 1. The third-order valence-corrected chi connectivity index (χ3v) is 3.63. The molecule has 0 saturated carbocycles. The van der Waals surface area contributed by atoms with E-state index in [4.69, 9.17) is 15.2 Å². The molecule has 3 N–H and O–H groups in total. The molecular weight excluding hydrogens is 306 g/mol. The zero-order chi connectivity index (χ0) is 17.5. The number of urea groups is 1. The van der Waals surface area contributed by atoms with Gasteiger partial charge in [-0.15, -0.1) is 0 Å². The van der Waals surface area contributed by atoms with Crippen molar-refractivity contribution >= 4 is 12.2 Å². The van der Waals surface area contributed by atoms with Crippen LogP contribution in [0, 0.1) is 13.8 Å². The van der Waals surface area contributed by atoms with Crippen molar-refractivity contribution in [2.24, 2.45) is 10.8 Å². The predicted molar refractivity (Wildman–Crippen MR) is 93.6 cm³/mol. The number of nitrogens with one attached hydrogen (secondary N) is 1. The first-order valence-electron chi connectivity index (χ1n) is 7.45. The number of nitrogens with two attached hydrogens (primary N) is 1. The first-order valence-corrected chi connectivity index (χ1v) is 7.45. The summed E-state index contributed by atoms with van der Waals surface area (Å²) in [5.41, 5.74) is 11.1. The molecule has 0 aliphatic rings. The molecule has 2 aromatic carbocycles. The number of ether oxygens (including phenoxy) is 2. The normalized spacial score (nSPS) is 10.6. The van der Waals surface area contributed by atoms with Gasteiger partial charge in [0.1, 0.15) is 18.1 Å². The third kappa shape index (κ3) is 4.49. The zero-order valence-electron chi connectivity index (χ0n) is 14.0. The number of aryl methyl sites for hydroxylation is 1. The molecule has 2 aromatic rings. The molecule has 2 rings (SSSR count). The number of hydrogen-bond donors (Lipinski definition) is 2. The largest absolute Gasteiger partial charge is 0.496 e. The quantitative estimate of drug-likeness (QED) is 0.632. The van der Waals surface area contributed by atoms with E-state index >= 15 is 0 Å². The summed E-state index contributed by atoms with van der Waals surface area (Å²) in [5.74, 6) is 1.56. The predicted octanol–water partition coefficient (Wildman–Crippen LogP) is 2.89. The molecule has 0 fully saturated rings. The maximum Gasteiger partial charge on any atom is 0.332 e. The van der Waals surface area contributed by atoms with Crippen molar-refractivity contribution in [3.05, 3.63) is 58.7 Å². The molecule has 6 heteroatoms. The number of methoxy groups -OCH3 is 1. The Labute approximate surface area is 141 Å². The fourth-order valence-corrected chi connectivity index (χ4v) is 2.20. The van der Waals surface area contributed by atoms with Gasteiger partial charge in [-0.05, 0) is 54.8 Å². The van der Waals surface area contributed by atoms with Crippen LogP contribution in [0.15, 0.2) is 41.5 Å². The summed E-state index contributed by atoms with van der Waals surface area (Å²) in [7, 11) is 1.61. The van der Waals surface area contributed by atoms with Gasteiger partial charge in [0.15, 0.2) is 0 Å². The van der Waals surface area contributed by atoms with Crippen LogP contribution in [0.2, 0.25) is 0 Å². The first kappa shape index (κ1) is 17.3. The van der Waals surface area contributed by atoms with E-state index in [1.54, 1.807) is 7.11 Å². The lowest BCUT2D eigenvalue weighted by Gasteiger charge is -2.13. The van der Waals surface area contributed by atoms with Gasteiger partial charge in [0, 0.05) is 5.56 Å². The summed E-state index contributed by atoms with van der Waals surface area (Å²) >= 11 is 0. The van der Waals surface area contributed by atoms with Crippen LogP contribution in [0.1, 0.15) is 22.3 Å². The monoisotopic (exact) mass is 327 g/mol. The van der Waals surface area contributed by atoms with Gasteiger partial charge in [-0.2, -0.15) is 5.10 Å². The first-order chi connectivity index (χ1) is 11.5. The van der Waals surface area contributed by atoms with Gasteiger partial charge >= 0.3 is 6.03 Å². The Balaban J connectivity index is 2.17. The number of carbonyl (C=O) groups excluding carboxylic acids is 1. The molecule has 2 amide bonds. The van der Waals surface area contributed by atoms with Gasteiger partial charge in [0.2, 0.25) is 0 Å². The molecule has 0 spiro atoms. The van der Waals surface area contributed by atoms with Crippen LogP contribution < -0.4 is 20.6 Å². The highest BCUT2D eigenvalue weighted by molar-refractivity contribution is 5.82. The number of carbonyl (C=O) groups is 1. The minimum absolute atomic E-state index is 0.360. The Morgan fingerprint density at radius 2 is 2.04 bits per heavy atom. The highest BCUT2D eigenvalue weighted by atomic mass is 16.5. The molecule has 126 valence electrons. The highest BCUT2D eigenvalue weighted by Crippen LogP contribution is 2.25. The fraction of sp³-hybridized carbons (Fsp3) is 0.222. The standard InChI is InChI=1S/C18H21N3O3/c1-12-5-4-6-16(13(12)2)24-11-15-9-14(7-8-17(15)23-3)10-20-21-18(19)22/h4-10H,11H2,1-3H3,(H3,19,21,22). The van der Waals surface area contributed by atoms with Crippen LogP contribution >= 0.6 is 0 Å². The molecule has 0 aliphatic carbocycles. The Bertz CT molecular complexity index is 757. The molecule has 0 bridgehead atoms. The Hall–Kier alpha value is -3.02. The third-order valence-electron chi connectivity index (χ3n) is 3.63. The second-order valence-corrected chi connectivity index (χ2v) is 5.29. The van der Waals surface area contributed by atoms with E-state index in [0.29, 0.717) is 6.61 Å². The van der Waals surface area contributed by atoms with Crippen molar-refractivity contribution in [1.82, 2.24) is 5.43 Å². The van der Waals surface area contributed by atoms with E-state index in [1.165, 1.54) is 11.8 Å². The van der Waals surface area contributed by atoms with Crippen LogP contribution in [0.3, 0.4) is 0 Å². The Morgan fingerprint density at radius 1 is 1.25 bits per heavy atom. The number of nitrogens with zero attached hydrogens (tertiary/aromatic N) is 1. The number of amides is 2. The van der Waals surface area contributed by atoms with E-state index in [1.807, 2.05) is 50.2 Å². The van der Waals surface area contributed by atoms with Gasteiger partial charge in [-0.25, -0.2) is 10.2 Å². The number of rotatable bonds is 6. The maximum absolute atomic E-state index is 10.6. The van der Waals surface area contributed by atoms with Gasteiger partial charge in [0.05, 0.1) is 13.3 Å². The van der Waals surface area contributed by atoms with Crippen molar-refractivity contribution in [1.29, 1.82) is 0 Å². The highest BCUT2D eigenvalue weighted by Gasteiger charge is 2.07. The van der Waals surface area contributed by atoms with Gasteiger partial charge in [-0.3, -0.25) is 0 Å². The van der Waals surface area contributed by atoms with Crippen molar-refractivity contribution < 1.29 is 14.3 Å². The van der Waals surface area contributed by atoms with E-state index in [2.05, 4.69) is 10.5 Å². The van der Waals surface area contributed by atoms with Crippen LogP contribution in [0.25, 0.3) is 0 Å². The summed E-state index contributed by atoms with van der Waals surface area (Å²) in [6.45, 7) is 4.43. The second-order valence-electron chi connectivity index (χ2n) is 5.29. The molecule has 0 heterocycles. The van der Waals surface area contributed by atoms with Crippen LogP contribution in [-0.2, 0) is 6.61 Å². The average molecular weight is 327 g/mol. The molecule has 0 unspecified atom stereocenters. The second kappa shape index (κ2) is 8.01. The van der Waals surface area contributed by atoms with Gasteiger partial charge < -0.3 is 15.2 Å². The molecule has 24 heavy (non-hydrogen) atoms. The topological polar surface area (TPSA) is 85.9 Å². The fourth-order valence-electron chi connectivity index (χ4n) is 2.20. The average Bonchev–Trinajstić information content (AvgIpc) is 2.56. The lowest BCUT2D eigenvalue weighted by molar-refractivity contribution is 0.249. The van der Waals surface area contributed by atoms with Gasteiger partial charge in [-0.1, -0.05) is 12.1 Å². The summed E-state index contributed by atoms with van der Waals surface area (Å²) in [6.07, 6.45) is 1.51. The molecule has 0 atom stereocenters. The van der Waals surface area contributed by atoms with Crippen molar-refractivity contribution in [2.45, 2.75) is 20.5 Å². The SMILES string of the molecule is COc1ccc(C=NNC(N)=O)cc1COc1cccc(C)c1C. The summed E-state index contributed by atoms with van der Waals surface area (Å²) in [6, 6.07) is 10.8. The van der Waals surface area contributed by atoms with E-state index in [9.17, 15) is 4.79 Å². The minimum atomic E-state index is -0.710. The van der Waals surface area contributed by atoms with Crippen molar-refractivity contribution in [3.8, 4) is 11.5 Å². The number of benzene rings is 2. The molecule has 0 aromatic heterocycles. The van der Waals surface area contributed by atoms with E-state index < -0.39 is 6.03 Å². The minimum Gasteiger partial charge on any atom is -0.496 e. The maximum atomic E-state index is 10.6. The molecule has 0 saturated heterocycles. The van der Waals surface area contributed by atoms with Crippen LogP contribution in [-0.4, -0.2) is 19.4 Å². The molecule has 0 radical (unpaired) electrons. The smallest absolute Gasteiger partial charge is 0.332 e. The number of hydrogen-bond acceptors (Lipinski definition) is 4. The summed E-state index contributed by atoms with van der Waals surface area (Å²) < 4.78 is 11.3. The lowest BCUT2D eigenvalue weighted by Crippen LogP contribution is -2.24. The zero-order valence-corrected chi connectivity index (χ0v) is 14.0. The van der Waals surface area contributed by atoms with Gasteiger partial charge in [0.25, 0.3) is 0 Å². The van der Waals surface area contributed by atoms with Crippen LogP contribution in [0.4, 0.5) is 4.79 Å². The Morgan fingerprint density at radius 3 is 2.75 bits per heavy atom. The summed E-state index contributed by atoms with van der Waals surface area (Å²) in [5, 5.41) is 3.75. The number of primary amides is 1. The van der Waals surface area contributed by atoms with Crippen molar-refractivity contribution in [3.63, 3.8) is 0 Å². The van der Waals surface area contributed by atoms with E-state index in [-0.39, 0.29) is 0 Å².